The lowest BCUT2D eigenvalue weighted by Crippen LogP contribution is -2.35. The van der Waals surface area contributed by atoms with Gasteiger partial charge in [0.05, 0.1) is 6.20 Å². The Kier molecular flexibility index (Phi) is 4.02. The van der Waals surface area contributed by atoms with Crippen LogP contribution in [-0.2, 0) is 21.9 Å². The second-order valence-corrected chi connectivity index (χ2v) is 5.27. The number of sulfonamides is 1. The third-order valence-electron chi connectivity index (χ3n) is 1.96. The van der Waals surface area contributed by atoms with Crippen LogP contribution in [-0.4, -0.2) is 46.7 Å². The van der Waals surface area contributed by atoms with E-state index >= 15 is 0 Å². The second-order valence-electron chi connectivity index (χ2n) is 3.33. The molecule has 1 aromatic heterocycles. The zero-order chi connectivity index (χ0) is 13.1. The highest BCUT2D eigenvalue weighted by atomic mass is 32.2. The summed E-state index contributed by atoms with van der Waals surface area (Å²) in [7, 11) is -2.26. The Labute approximate surface area is 99.0 Å². The van der Waals surface area contributed by atoms with E-state index in [2.05, 4.69) is 11.7 Å². The average Bonchev–Trinajstić information content (AvgIpc) is 2.64. The molecule has 1 heterocycles. The van der Waals surface area contributed by atoms with Crippen LogP contribution >= 0.6 is 0 Å². The van der Waals surface area contributed by atoms with Gasteiger partial charge in [-0.1, -0.05) is 6.08 Å². The van der Waals surface area contributed by atoms with Gasteiger partial charge in [0.15, 0.2) is 0 Å². The number of aliphatic carboxylic acids is 1. The molecule has 0 bridgehead atoms. The summed E-state index contributed by atoms with van der Waals surface area (Å²) in [6, 6.07) is 0. The van der Waals surface area contributed by atoms with Gasteiger partial charge < -0.3 is 5.11 Å². The molecule has 8 heteroatoms. The van der Waals surface area contributed by atoms with Gasteiger partial charge in [-0.05, 0) is 0 Å². The molecular formula is C9H13N3O4S. The summed E-state index contributed by atoms with van der Waals surface area (Å²) in [6.07, 6.45) is 3.82. The Balaban J connectivity index is 3.07. The maximum atomic E-state index is 12.0. The monoisotopic (exact) mass is 259 g/mol. The predicted molar refractivity (Wildman–Crippen MR) is 59.8 cm³/mol. The Morgan fingerprint density at radius 3 is 2.76 bits per heavy atom. The zero-order valence-electron chi connectivity index (χ0n) is 9.28. The Morgan fingerprint density at radius 1 is 1.71 bits per heavy atom. The van der Waals surface area contributed by atoms with Crippen LogP contribution in [0.2, 0.25) is 0 Å². The van der Waals surface area contributed by atoms with Crippen molar-refractivity contribution in [2.45, 2.75) is 4.90 Å². The molecule has 1 rings (SSSR count). The van der Waals surface area contributed by atoms with E-state index in [4.69, 9.17) is 5.11 Å². The lowest BCUT2D eigenvalue weighted by Gasteiger charge is -2.17. The van der Waals surface area contributed by atoms with Gasteiger partial charge in [-0.25, -0.2) is 8.42 Å². The van der Waals surface area contributed by atoms with Crippen molar-refractivity contribution in [2.75, 3.05) is 13.1 Å². The lowest BCUT2D eigenvalue weighted by molar-refractivity contribution is -0.137. The highest BCUT2D eigenvalue weighted by Gasteiger charge is 2.26. The molecule has 0 saturated heterocycles. The average molecular weight is 259 g/mol. The van der Waals surface area contributed by atoms with Crippen LogP contribution in [0.1, 0.15) is 0 Å². The molecule has 0 saturated carbocycles. The van der Waals surface area contributed by atoms with E-state index in [1.807, 2.05) is 0 Å². The standard InChI is InChI=1S/C9H13N3O4S/c1-3-4-12(7-9(13)14)17(15,16)8-5-10-11(2)6-8/h3,5-6H,1,4,7H2,2H3,(H,13,14). The molecule has 94 valence electrons. The molecule has 0 fully saturated rings. The normalized spacial score (nSPS) is 11.6. The molecular weight excluding hydrogens is 246 g/mol. The molecule has 0 aliphatic carbocycles. The van der Waals surface area contributed by atoms with Gasteiger partial charge in [0.2, 0.25) is 10.0 Å². The van der Waals surface area contributed by atoms with Crippen molar-refractivity contribution < 1.29 is 18.3 Å². The Hall–Kier alpha value is -1.67. The molecule has 17 heavy (non-hydrogen) atoms. The maximum absolute atomic E-state index is 12.0. The number of carboxylic acid groups (broad SMARTS) is 1. The topological polar surface area (TPSA) is 92.5 Å². The third-order valence-corrected chi connectivity index (χ3v) is 3.73. The minimum atomic E-state index is -3.84. The van der Waals surface area contributed by atoms with Crippen LogP contribution in [0.3, 0.4) is 0 Å². The predicted octanol–water partition coefficient (Wildman–Crippen LogP) is -0.319. The van der Waals surface area contributed by atoms with E-state index in [0.29, 0.717) is 0 Å². The van der Waals surface area contributed by atoms with E-state index in [-0.39, 0.29) is 11.4 Å². The van der Waals surface area contributed by atoms with Crippen LogP contribution in [0.15, 0.2) is 29.9 Å². The molecule has 1 N–H and O–H groups in total. The van der Waals surface area contributed by atoms with Crippen molar-refractivity contribution in [1.29, 1.82) is 0 Å². The fraction of sp³-hybridized carbons (Fsp3) is 0.333. The number of aromatic nitrogens is 2. The summed E-state index contributed by atoms with van der Waals surface area (Å²) in [6.45, 7) is 2.73. The second kappa shape index (κ2) is 5.11. The molecule has 7 nitrogen and oxygen atoms in total. The number of carboxylic acids is 1. The minimum absolute atomic E-state index is 0.0388. The SMILES string of the molecule is C=CCN(CC(=O)O)S(=O)(=O)c1cnn(C)c1. The van der Waals surface area contributed by atoms with Gasteiger partial charge >= 0.3 is 5.97 Å². The van der Waals surface area contributed by atoms with Crippen molar-refractivity contribution in [1.82, 2.24) is 14.1 Å². The number of nitrogens with zero attached hydrogens (tertiary/aromatic N) is 3. The van der Waals surface area contributed by atoms with Crippen molar-refractivity contribution in [3.63, 3.8) is 0 Å². The molecule has 0 aromatic carbocycles. The fourth-order valence-corrected chi connectivity index (χ4v) is 2.57. The number of hydrogen-bond donors (Lipinski definition) is 1. The van der Waals surface area contributed by atoms with Gasteiger partial charge in [0.1, 0.15) is 11.4 Å². The lowest BCUT2D eigenvalue weighted by atomic mass is 10.6. The maximum Gasteiger partial charge on any atom is 0.318 e. The zero-order valence-corrected chi connectivity index (χ0v) is 10.1. The first-order valence-electron chi connectivity index (χ1n) is 4.69. The number of rotatable bonds is 6. The summed E-state index contributed by atoms with van der Waals surface area (Å²) in [5, 5.41) is 12.4. The van der Waals surface area contributed by atoms with Gasteiger partial charge in [-0.3, -0.25) is 9.48 Å². The van der Waals surface area contributed by atoms with E-state index in [9.17, 15) is 13.2 Å². The number of aryl methyl sites for hydroxylation is 1. The van der Waals surface area contributed by atoms with Crippen molar-refractivity contribution >= 4 is 16.0 Å². The van der Waals surface area contributed by atoms with Crippen molar-refractivity contribution in [3.8, 4) is 0 Å². The summed E-state index contributed by atoms with van der Waals surface area (Å²) in [5.74, 6) is -1.22. The molecule has 0 radical (unpaired) electrons. The first kappa shape index (κ1) is 13.4. The molecule has 0 unspecified atom stereocenters. The first-order chi connectivity index (χ1) is 7.87. The van der Waals surface area contributed by atoms with E-state index in [1.165, 1.54) is 23.2 Å². The smallest absolute Gasteiger partial charge is 0.318 e. The van der Waals surface area contributed by atoms with Gasteiger partial charge in [-0.2, -0.15) is 9.40 Å². The van der Waals surface area contributed by atoms with Crippen LogP contribution in [0, 0.1) is 0 Å². The quantitative estimate of drug-likeness (QED) is 0.707. The summed E-state index contributed by atoms with van der Waals surface area (Å²) in [4.78, 5) is 10.6. The first-order valence-corrected chi connectivity index (χ1v) is 6.13. The van der Waals surface area contributed by atoms with Crippen molar-refractivity contribution in [2.24, 2.45) is 7.05 Å². The van der Waals surface area contributed by atoms with Gasteiger partial charge in [0, 0.05) is 19.8 Å². The largest absolute Gasteiger partial charge is 0.480 e. The minimum Gasteiger partial charge on any atom is -0.480 e. The highest BCUT2D eigenvalue weighted by Crippen LogP contribution is 2.14. The Bertz CT molecular complexity index is 520. The molecule has 0 atom stereocenters. The molecule has 0 amide bonds. The van der Waals surface area contributed by atoms with Crippen LogP contribution < -0.4 is 0 Å². The van der Waals surface area contributed by atoms with Crippen molar-refractivity contribution in [3.05, 3.63) is 25.0 Å². The number of hydrogen-bond acceptors (Lipinski definition) is 4. The van der Waals surface area contributed by atoms with Gasteiger partial charge in [0.25, 0.3) is 0 Å². The summed E-state index contributed by atoms with van der Waals surface area (Å²) in [5.41, 5.74) is 0. The molecule has 1 aromatic rings. The fourth-order valence-electron chi connectivity index (χ4n) is 1.22. The number of carbonyl (C=O) groups is 1. The van der Waals surface area contributed by atoms with E-state index < -0.39 is 22.5 Å². The molecule has 0 spiro atoms. The van der Waals surface area contributed by atoms with E-state index in [0.717, 1.165) is 4.31 Å². The van der Waals surface area contributed by atoms with Crippen LogP contribution in [0.5, 0.6) is 0 Å². The van der Waals surface area contributed by atoms with E-state index in [1.54, 1.807) is 7.05 Å². The highest BCUT2D eigenvalue weighted by molar-refractivity contribution is 7.89. The molecule has 0 aliphatic rings. The summed E-state index contributed by atoms with van der Waals surface area (Å²) < 4.78 is 26.2. The van der Waals surface area contributed by atoms with Crippen LogP contribution in [0.4, 0.5) is 0 Å². The third kappa shape index (κ3) is 3.14. The molecule has 0 aliphatic heterocycles. The van der Waals surface area contributed by atoms with Gasteiger partial charge in [-0.15, -0.1) is 6.58 Å². The summed E-state index contributed by atoms with van der Waals surface area (Å²) >= 11 is 0. The van der Waals surface area contributed by atoms with Crippen LogP contribution in [0.25, 0.3) is 0 Å². The Morgan fingerprint density at radius 2 is 2.35 bits per heavy atom.